The van der Waals surface area contributed by atoms with Crippen LogP contribution in [0.4, 0.5) is 0 Å². The molecule has 0 atom stereocenters. The average molecular weight is 205 g/mol. The molecule has 0 aliphatic carbocycles. The number of ether oxygens (including phenoxy) is 1. The number of benzene rings is 1. The summed E-state index contributed by atoms with van der Waals surface area (Å²) in [5.74, 6) is -0.321. The second kappa shape index (κ2) is 5.07. The predicted molar refractivity (Wildman–Crippen MR) is 55.7 cm³/mol. The fourth-order valence-corrected chi connectivity index (χ4v) is 0.985. The van der Waals surface area contributed by atoms with Gasteiger partial charge in [-0.1, -0.05) is 6.58 Å². The van der Waals surface area contributed by atoms with Crippen LogP contribution in [0.5, 0.6) is 5.75 Å². The van der Waals surface area contributed by atoms with E-state index in [9.17, 15) is 9.59 Å². The molecular weight excluding hydrogens is 194 g/mol. The van der Waals surface area contributed by atoms with E-state index in [2.05, 4.69) is 6.58 Å². The van der Waals surface area contributed by atoms with E-state index in [1.54, 1.807) is 12.1 Å². The van der Waals surface area contributed by atoms with E-state index in [4.69, 9.17) is 10.5 Å². The molecule has 78 valence electrons. The first-order valence-electron chi connectivity index (χ1n) is 4.35. The van der Waals surface area contributed by atoms with Crippen LogP contribution in [0.25, 0.3) is 0 Å². The van der Waals surface area contributed by atoms with Gasteiger partial charge in [0.15, 0.2) is 5.78 Å². The minimum atomic E-state index is -0.534. The quantitative estimate of drug-likeness (QED) is 0.343. The van der Waals surface area contributed by atoms with Crippen LogP contribution in [0.15, 0.2) is 36.9 Å². The van der Waals surface area contributed by atoms with Crippen LogP contribution in [0.3, 0.4) is 0 Å². The number of carbonyl (C=O) groups excluding carboxylic acids is 2. The zero-order chi connectivity index (χ0) is 11.3. The topological polar surface area (TPSA) is 69.4 Å². The molecule has 4 heteroatoms. The van der Waals surface area contributed by atoms with E-state index >= 15 is 0 Å². The third-order valence-electron chi connectivity index (χ3n) is 1.75. The van der Waals surface area contributed by atoms with Crippen molar-refractivity contribution in [1.29, 1.82) is 0 Å². The molecule has 2 N–H and O–H groups in total. The molecule has 0 aliphatic rings. The van der Waals surface area contributed by atoms with Crippen LogP contribution in [0.2, 0.25) is 0 Å². The molecule has 0 saturated carbocycles. The van der Waals surface area contributed by atoms with Crippen LogP contribution in [0.1, 0.15) is 10.4 Å². The molecule has 1 aromatic carbocycles. The summed E-state index contributed by atoms with van der Waals surface area (Å²) in [6, 6.07) is 6.18. The van der Waals surface area contributed by atoms with E-state index in [0.29, 0.717) is 11.3 Å². The molecule has 0 bridgehead atoms. The Morgan fingerprint density at radius 3 is 2.40 bits per heavy atom. The minimum Gasteiger partial charge on any atom is -0.423 e. The van der Waals surface area contributed by atoms with Gasteiger partial charge in [-0.25, -0.2) is 4.79 Å². The zero-order valence-electron chi connectivity index (χ0n) is 8.10. The first kappa shape index (κ1) is 11.1. The average Bonchev–Trinajstić information content (AvgIpc) is 2.29. The van der Waals surface area contributed by atoms with Gasteiger partial charge in [-0.2, -0.15) is 0 Å². The Kier molecular flexibility index (Phi) is 3.76. The molecular formula is C11H11NO3. The first-order chi connectivity index (χ1) is 7.17. The van der Waals surface area contributed by atoms with Gasteiger partial charge in [0.05, 0.1) is 6.54 Å². The summed E-state index contributed by atoms with van der Waals surface area (Å²) >= 11 is 0. The first-order valence-corrected chi connectivity index (χ1v) is 4.35. The Labute approximate surface area is 87.3 Å². The number of rotatable bonds is 4. The van der Waals surface area contributed by atoms with Gasteiger partial charge in [0, 0.05) is 11.6 Å². The summed E-state index contributed by atoms with van der Waals surface area (Å²) in [6.45, 7) is 3.23. The lowest BCUT2D eigenvalue weighted by molar-refractivity contribution is -0.128. The van der Waals surface area contributed by atoms with Gasteiger partial charge in [-0.3, -0.25) is 4.79 Å². The van der Waals surface area contributed by atoms with Crippen molar-refractivity contribution in [3.63, 3.8) is 0 Å². The Hall–Kier alpha value is -1.94. The van der Waals surface area contributed by atoms with Crippen molar-refractivity contribution in [2.75, 3.05) is 6.54 Å². The van der Waals surface area contributed by atoms with E-state index in [0.717, 1.165) is 6.08 Å². The van der Waals surface area contributed by atoms with Crippen molar-refractivity contribution in [1.82, 2.24) is 0 Å². The van der Waals surface area contributed by atoms with Crippen LogP contribution in [-0.4, -0.2) is 18.3 Å². The molecule has 0 heterocycles. The molecule has 0 spiro atoms. The van der Waals surface area contributed by atoms with Crippen LogP contribution in [-0.2, 0) is 4.79 Å². The lowest BCUT2D eigenvalue weighted by Gasteiger charge is -2.02. The van der Waals surface area contributed by atoms with Crippen molar-refractivity contribution < 1.29 is 14.3 Å². The highest BCUT2D eigenvalue weighted by molar-refractivity contribution is 5.97. The molecule has 15 heavy (non-hydrogen) atoms. The molecule has 1 rings (SSSR count). The number of hydrogen-bond donors (Lipinski definition) is 1. The number of carbonyl (C=O) groups is 2. The van der Waals surface area contributed by atoms with Gasteiger partial charge in [0.1, 0.15) is 5.75 Å². The van der Waals surface area contributed by atoms with Gasteiger partial charge in [0.25, 0.3) is 0 Å². The highest BCUT2D eigenvalue weighted by Crippen LogP contribution is 2.12. The lowest BCUT2D eigenvalue weighted by atomic mass is 10.1. The maximum atomic E-state index is 11.2. The monoisotopic (exact) mass is 205 g/mol. The van der Waals surface area contributed by atoms with Gasteiger partial charge in [-0.15, -0.1) is 0 Å². The fraction of sp³-hybridized carbons (Fsp3) is 0.0909. The second-order valence-electron chi connectivity index (χ2n) is 2.78. The molecule has 0 saturated heterocycles. The molecule has 0 amide bonds. The molecule has 0 aliphatic heterocycles. The number of Topliss-reactive ketones (excluding diaryl/α,β-unsaturated/α-hetero) is 1. The highest BCUT2D eigenvalue weighted by atomic mass is 16.5. The normalized spacial score (nSPS) is 9.40. The SMILES string of the molecule is C=CC(=O)Oc1ccc(C(=O)CN)cc1. The predicted octanol–water partition coefficient (Wildman–Crippen LogP) is 0.919. The summed E-state index contributed by atoms with van der Waals surface area (Å²) in [5.41, 5.74) is 5.69. The van der Waals surface area contributed by atoms with Crippen molar-refractivity contribution in [3.05, 3.63) is 42.5 Å². The highest BCUT2D eigenvalue weighted by Gasteiger charge is 2.04. The minimum absolute atomic E-state index is 0.0359. The number of hydrogen-bond acceptors (Lipinski definition) is 4. The van der Waals surface area contributed by atoms with Crippen LogP contribution < -0.4 is 10.5 Å². The molecule has 0 unspecified atom stereocenters. The smallest absolute Gasteiger partial charge is 0.335 e. The third kappa shape index (κ3) is 3.03. The van der Waals surface area contributed by atoms with E-state index in [-0.39, 0.29) is 12.3 Å². The summed E-state index contributed by atoms with van der Waals surface area (Å²) < 4.78 is 4.83. The maximum absolute atomic E-state index is 11.2. The summed E-state index contributed by atoms with van der Waals surface area (Å²) in [7, 11) is 0. The van der Waals surface area contributed by atoms with Crippen LogP contribution >= 0.6 is 0 Å². The summed E-state index contributed by atoms with van der Waals surface area (Å²) in [4.78, 5) is 22.0. The third-order valence-corrected chi connectivity index (χ3v) is 1.75. The molecule has 4 nitrogen and oxygen atoms in total. The van der Waals surface area contributed by atoms with Gasteiger partial charge >= 0.3 is 5.97 Å². The zero-order valence-corrected chi connectivity index (χ0v) is 8.10. The van der Waals surface area contributed by atoms with Gasteiger partial charge in [-0.05, 0) is 24.3 Å². The van der Waals surface area contributed by atoms with E-state index in [1.807, 2.05) is 0 Å². The molecule has 0 fully saturated rings. The van der Waals surface area contributed by atoms with Crippen molar-refractivity contribution in [3.8, 4) is 5.75 Å². The van der Waals surface area contributed by atoms with E-state index < -0.39 is 5.97 Å². The van der Waals surface area contributed by atoms with Crippen molar-refractivity contribution in [2.24, 2.45) is 5.73 Å². The summed E-state index contributed by atoms with van der Waals surface area (Å²) in [5, 5.41) is 0. The van der Waals surface area contributed by atoms with Crippen molar-refractivity contribution >= 4 is 11.8 Å². The molecule has 0 radical (unpaired) electrons. The Morgan fingerprint density at radius 1 is 1.33 bits per heavy atom. The number of ketones is 1. The summed E-state index contributed by atoms with van der Waals surface area (Å²) in [6.07, 6.45) is 1.07. The largest absolute Gasteiger partial charge is 0.423 e. The number of esters is 1. The maximum Gasteiger partial charge on any atom is 0.335 e. The van der Waals surface area contributed by atoms with Gasteiger partial charge < -0.3 is 10.5 Å². The van der Waals surface area contributed by atoms with Gasteiger partial charge in [0.2, 0.25) is 0 Å². The lowest BCUT2D eigenvalue weighted by Crippen LogP contribution is -2.13. The Morgan fingerprint density at radius 2 is 1.93 bits per heavy atom. The fourth-order valence-electron chi connectivity index (χ4n) is 0.985. The second-order valence-corrected chi connectivity index (χ2v) is 2.78. The van der Waals surface area contributed by atoms with E-state index in [1.165, 1.54) is 12.1 Å². The molecule has 0 aromatic heterocycles. The number of nitrogens with two attached hydrogens (primary N) is 1. The Balaban J connectivity index is 2.76. The van der Waals surface area contributed by atoms with Crippen LogP contribution in [0, 0.1) is 0 Å². The standard InChI is InChI=1S/C11H11NO3/c1-2-11(14)15-9-5-3-8(4-6-9)10(13)7-12/h2-6H,1,7,12H2. The Bertz CT molecular complexity index is 381. The van der Waals surface area contributed by atoms with Crippen molar-refractivity contribution in [2.45, 2.75) is 0 Å². The molecule has 1 aromatic rings.